The van der Waals surface area contributed by atoms with Crippen LogP contribution >= 0.6 is 0 Å². The highest BCUT2D eigenvalue weighted by molar-refractivity contribution is 7.89. The van der Waals surface area contributed by atoms with E-state index in [4.69, 9.17) is 9.26 Å². The second-order valence-corrected chi connectivity index (χ2v) is 8.60. The number of hydrogen-bond acceptors (Lipinski definition) is 6. The Bertz CT molecular complexity index is 884. The van der Waals surface area contributed by atoms with Crippen LogP contribution < -0.4 is 4.74 Å². The molecule has 0 spiro atoms. The lowest BCUT2D eigenvalue weighted by Gasteiger charge is -2.33. The van der Waals surface area contributed by atoms with Gasteiger partial charge in [0.25, 0.3) is 0 Å². The maximum Gasteiger partial charge on any atom is 0.246 e. The largest absolute Gasteiger partial charge is 0.495 e. The zero-order valence-electron chi connectivity index (χ0n) is 15.7. The van der Waals surface area contributed by atoms with Gasteiger partial charge in [0.2, 0.25) is 10.0 Å². The molecule has 1 saturated heterocycles. The van der Waals surface area contributed by atoms with Gasteiger partial charge in [-0.2, -0.15) is 4.31 Å². The third-order valence-corrected chi connectivity index (χ3v) is 6.71. The van der Waals surface area contributed by atoms with Gasteiger partial charge in [0, 0.05) is 38.8 Å². The first-order chi connectivity index (χ1) is 12.3. The lowest BCUT2D eigenvalue weighted by Crippen LogP contribution is -2.48. The monoisotopic (exact) mass is 379 g/mol. The highest BCUT2D eigenvalue weighted by atomic mass is 32.2. The van der Waals surface area contributed by atoms with Crippen molar-refractivity contribution in [1.82, 2.24) is 14.4 Å². The van der Waals surface area contributed by atoms with Crippen LogP contribution in [0.5, 0.6) is 5.75 Å². The van der Waals surface area contributed by atoms with Gasteiger partial charge in [0.05, 0.1) is 12.8 Å². The molecule has 0 bridgehead atoms. The predicted octanol–water partition coefficient (Wildman–Crippen LogP) is 2.11. The summed E-state index contributed by atoms with van der Waals surface area (Å²) in [5.74, 6) is 1.18. The molecule has 1 aliphatic heterocycles. The Labute approximate surface area is 154 Å². The van der Waals surface area contributed by atoms with Crippen LogP contribution in [0.3, 0.4) is 0 Å². The molecule has 142 valence electrons. The van der Waals surface area contributed by atoms with Gasteiger partial charge in [-0.05, 0) is 44.0 Å². The maximum atomic E-state index is 13.1. The van der Waals surface area contributed by atoms with Crippen molar-refractivity contribution in [3.05, 3.63) is 40.8 Å². The number of aryl methyl sites for hydroxylation is 3. The van der Waals surface area contributed by atoms with Gasteiger partial charge in [0.1, 0.15) is 16.4 Å². The van der Waals surface area contributed by atoms with Crippen molar-refractivity contribution in [1.29, 1.82) is 0 Å². The fourth-order valence-electron chi connectivity index (χ4n) is 3.11. The molecule has 0 N–H and O–H groups in total. The average molecular weight is 379 g/mol. The van der Waals surface area contributed by atoms with Crippen LogP contribution in [0.15, 0.2) is 27.6 Å². The number of piperazine rings is 1. The zero-order chi connectivity index (χ0) is 18.9. The van der Waals surface area contributed by atoms with Gasteiger partial charge < -0.3 is 9.26 Å². The van der Waals surface area contributed by atoms with E-state index in [2.05, 4.69) is 10.1 Å². The summed E-state index contributed by atoms with van der Waals surface area (Å²) in [4.78, 5) is 2.42. The Balaban J connectivity index is 1.73. The van der Waals surface area contributed by atoms with Crippen LogP contribution in [0.25, 0.3) is 0 Å². The molecule has 0 amide bonds. The second-order valence-electron chi connectivity index (χ2n) is 6.70. The fraction of sp³-hybridized carbons (Fsp3) is 0.500. The van der Waals surface area contributed by atoms with Crippen molar-refractivity contribution >= 4 is 10.0 Å². The number of nitrogens with zero attached hydrogens (tertiary/aromatic N) is 3. The zero-order valence-corrected chi connectivity index (χ0v) is 16.5. The lowest BCUT2D eigenvalue weighted by molar-refractivity contribution is 0.177. The summed E-state index contributed by atoms with van der Waals surface area (Å²) in [5.41, 5.74) is 2.81. The Hall–Kier alpha value is -1.90. The summed E-state index contributed by atoms with van der Waals surface area (Å²) in [6.45, 7) is 8.56. The van der Waals surface area contributed by atoms with E-state index in [1.54, 1.807) is 12.1 Å². The van der Waals surface area contributed by atoms with E-state index in [-0.39, 0.29) is 4.90 Å². The molecule has 26 heavy (non-hydrogen) atoms. The molecule has 0 unspecified atom stereocenters. The van der Waals surface area contributed by atoms with Gasteiger partial charge >= 0.3 is 0 Å². The molecule has 3 rings (SSSR count). The fourth-order valence-corrected chi connectivity index (χ4v) is 4.76. The number of rotatable bonds is 5. The Kier molecular flexibility index (Phi) is 5.36. The van der Waals surface area contributed by atoms with Crippen LogP contribution in [0.1, 0.15) is 22.6 Å². The first kappa shape index (κ1) is 18.9. The van der Waals surface area contributed by atoms with E-state index in [0.29, 0.717) is 38.5 Å². The molecule has 2 aromatic rings. The van der Waals surface area contributed by atoms with Gasteiger partial charge in [-0.25, -0.2) is 8.42 Å². The summed E-state index contributed by atoms with van der Waals surface area (Å²) >= 11 is 0. The maximum absolute atomic E-state index is 13.1. The minimum atomic E-state index is -3.59. The quantitative estimate of drug-likeness (QED) is 0.792. The molecule has 0 saturated carbocycles. The van der Waals surface area contributed by atoms with Gasteiger partial charge in [0.15, 0.2) is 0 Å². The molecular formula is C18H25N3O4S. The molecular weight excluding hydrogens is 354 g/mol. The first-order valence-electron chi connectivity index (χ1n) is 8.61. The van der Waals surface area contributed by atoms with E-state index in [1.165, 1.54) is 11.4 Å². The average Bonchev–Trinajstić information content (AvgIpc) is 3.02. The molecule has 1 fully saturated rings. The van der Waals surface area contributed by atoms with E-state index in [9.17, 15) is 8.42 Å². The van der Waals surface area contributed by atoms with Crippen molar-refractivity contribution in [2.75, 3.05) is 33.3 Å². The molecule has 7 nitrogen and oxygen atoms in total. The molecule has 0 radical (unpaired) electrons. The van der Waals surface area contributed by atoms with Gasteiger partial charge in [-0.1, -0.05) is 5.16 Å². The van der Waals surface area contributed by atoms with Crippen molar-refractivity contribution in [2.45, 2.75) is 32.2 Å². The normalized spacial score (nSPS) is 16.8. The van der Waals surface area contributed by atoms with E-state index >= 15 is 0 Å². The number of aromatic nitrogens is 1. The molecule has 1 aliphatic rings. The molecule has 0 atom stereocenters. The third kappa shape index (κ3) is 3.77. The number of hydrogen-bond donors (Lipinski definition) is 0. The van der Waals surface area contributed by atoms with Gasteiger partial charge in [-0.3, -0.25) is 4.90 Å². The summed E-state index contributed by atoms with van der Waals surface area (Å²) < 4.78 is 38.1. The number of benzene rings is 1. The Morgan fingerprint density at radius 3 is 2.31 bits per heavy atom. The minimum absolute atomic E-state index is 0.240. The number of ether oxygens (including phenoxy) is 1. The van der Waals surface area contributed by atoms with E-state index in [0.717, 1.165) is 22.6 Å². The number of methoxy groups -OCH3 is 1. The number of sulfonamides is 1. The van der Waals surface area contributed by atoms with Crippen molar-refractivity contribution < 1.29 is 17.7 Å². The summed E-state index contributed by atoms with van der Waals surface area (Å²) in [5, 5.41) is 4.00. The molecule has 1 aromatic carbocycles. The Morgan fingerprint density at radius 2 is 1.73 bits per heavy atom. The highest BCUT2D eigenvalue weighted by Gasteiger charge is 2.31. The van der Waals surface area contributed by atoms with Crippen molar-refractivity contribution in [3.8, 4) is 5.75 Å². The van der Waals surface area contributed by atoms with Crippen molar-refractivity contribution in [3.63, 3.8) is 0 Å². The Morgan fingerprint density at radius 1 is 1.08 bits per heavy atom. The van der Waals surface area contributed by atoms with Gasteiger partial charge in [-0.15, -0.1) is 0 Å². The third-order valence-electron chi connectivity index (χ3n) is 4.79. The smallest absolute Gasteiger partial charge is 0.246 e. The van der Waals surface area contributed by atoms with E-state index in [1.807, 2.05) is 26.8 Å². The standard InChI is InChI=1S/C18H25N3O4S/c1-13-9-17(24-4)18(10-14(13)2)26(22,23)21-7-5-20(6-8-21)12-16-11-15(3)25-19-16/h9-11H,5-8,12H2,1-4H3. The molecule has 0 aliphatic carbocycles. The SMILES string of the molecule is COc1cc(C)c(C)cc1S(=O)(=O)N1CCN(Cc2cc(C)on2)CC1. The summed E-state index contributed by atoms with van der Waals surface area (Å²) in [6, 6.07) is 5.39. The van der Waals surface area contributed by atoms with Crippen LogP contribution in [-0.2, 0) is 16.6 Å². The van der Waals surface area contributed by atoms with Crippen molar-refractivity contribution in [2.24, 2.45) is 0 Å². The molecule has 8 heteroatoms. The minimum Gasteiger partial charge on any atom is -0.495 e. The highest BCUT2D eigenvalue weighted by Crippen LogP contribution is 2.30. The molecule has 1 aromatic heterocycles. The summed E-state index contributed by atoms with van der Waals surface area (Å²) in [6.07, 6.45) is 0. The molecule has 2 heterocycles. The summed E-state index contributed by atoms with van der Waals surface area (Å²) in [7, 11) is -2.09. The topological polar surface area (TPSA) is 75.9 Å². The lowest BCUT2D eigenvalue weighted by atomic mass is 10.1. The van der Waals surface area contributed by atoms with Crippen LogP contribution in [0.2, 0.25) is 0 Å². The first-order valence-corrected chi connectivity index (χ1v) is 10.0. The van der Waals surface area contributed by atoms with Crippen LogP contribution in [-0.4, -0.2) is 56.1 Å². The second kappa shape index (κ2) is 7.38. The van der Waals surface area contributed by atoms with Crippen LogP contribution in [0, 0.1) is 20.8 Å². The van der Waals surface area contributed by atoms with E-state index < -0.39 is 10.0 Å². The van der Waals surface area contributed by atoms with Crippen LogP contribution in [0.4, 0.5) is 0 Å². The predicted molar refractivity (Wildman–Crippen MR) is 97.7 cm³/mol.